The fraction of sp³-hybridized carbons (Fsp3) is 0.333. The van der Waals surface area contributed by atoms with Gasteiger partial charge in [0.2, 0.25) is 0 Å². The first-order chi connectivity index (χ1) is 11.4. The number of nitrogens with zero attached hydrogens (tertiary/aromatic N) is 6. The largest absolute Gasteiger partial charge is 0.334 e. The van der Waals surface area contributed by atoms with Gasteiger partial charge in [0.05, 0.1) is 17.8 Å². The van der Waals surface area contributed by atoms with E-state index in [9.17, 15) is 13.6 Å². The van der Waals surface area contributed by atoms with E-state index in [1.165, 1.54) is 30.5 Å². The number of hydrogen-bond acceptors (Lipinski definition) is 4. The number of halogens is 2. The van der Waals surface area contributed by atoms with E-state index >= 15 is 0 Å². The number of aromatic nitrogens is 5. The highest BCUT2D eigenvalue weighted by molar-refractivity contribution is 5.97. The zero-order valence-corrected chi connectivity index (χ0v) is 13.4. The Morgan fingerprint density at radius 2 is 2.12 bits per heavy atom. The lowest BCUT2D eigenvalue weighted by Gasteiger charge is -2.17. The van der Waals surface area contributed by atoms with Crippen molar-refractivity contribution in [1.82, 2.24) is 29.2 Å². The number of rotatable bonds is 4. The standard InChI is InChI=1S/C15H16F2N6O/c1-9-11-6-10(7-19-13(11)22(3)20-9)14(24)21(2)8-12-18-4-5-23(12)15(16)17/h4-7,15H,8H2,1-3H3. The summed E-state index contributed by atoms with van der Waals surface area (Å²) in [6, 6.07) is 1.71. The quantitative estimate of drug-likeness (QED) is 0.733. The van der Waals surface area contributed by atoms with Crippen LogP contribution in [-0.2, 0) is 13.6 Å². The maximum absolute atomic E-state index is 12.9. The first kappa shape index (κ1) is 16.0. The molecule has 126 valence electrons. The van der Waals surface area contributed by atoms with Gasteiger partial charge >= 0.3 is 6.55 Å². The highest BCUT2D eigenvalue weighted by Crippen LogP contribution is 2.18. The molecule has 0 saturated carbocycles. The molecule has 0 aliphatic carbocycles. The molecule has 0 atom stereocenters. The number of pyridine rings is 1. The van der Waals surface area contributed by atoms with Crippen LogP contribution in [0, 0.1) is 6.92 Å². The topological polar surface area (TPSA) is 68.8 Å². The van der Waals surface area contributed by atoms with Crippen molar-refractivity contribution in [1.29, 1.82) is 0 Å². The summed E-state index contributed by atoms with van der Waals surface area (Å²) in [4.78, 5) is 22.0. The van der Waals surface area contributed by atoms with E-state index in [0.29, 0.717) is 11.2 Å². The Kier molecular flexibility index (Phi) is 4.00. The Bertz CT molecular complexity index is 901. The summed E-state index contributed by atoms with van der Waals surface area (Å²) in [5, 5.41) is 5.04. The summed E-state index contributed by atoms with van der Waals surface area (Å²) in [7, 11) is 3.31. The molecule has 0 spiro atoms. The van der Waals surface area contributed by atoms with Crippen LogP contribution in [0.1, 0.15) is 28.4 Å². The van der Waals surface area contributed by atoms with E-state index in [1.807, 2.05) is 6.92 Å². The lowest BCUT2D eigenvalue weighted by molar-refractivity contribution is 0.0612. The van der Waals surface area contributed by atoms with Gasteiger partial charge < -0.3 is 4.90 Å². The van der Waals surface area contributed by atoms with Crippen LogP contribution in [0.3, 0.4) is 0 Å². The molecule has 3 aromatic rings. The number of fused-ring (bicyclic) bond motifs is 1. The summed E-state index contributed by atoms with van der Waals surface area (Å²) < 4.78 is 28.1. The molecule has 3 aromatic heterocycles. The molecule has 0 aliphatic heterocycles. The third-order valence-electron chi connectivity index (χ3n) is 3.79. The second-order valence-corrected chi connectivity index (χ2v) is 5.49. The summed E-state index contributed by atoms with van der Waals surface area (Å²) >= 11 is 0. The smallest absolute Gasteiger partial charge is 0.319 e. The minimum absolute atomic E-state index is 0.0275. The Hall–Kier alpha value is -2.84. The van der Waals surface area contributed by atoms with Crippen molar-refractivity contribution in [2.45, 2.75) is 20.0 Å². The van der Waals surface area contributed by atoms with Gasteiger partial charge in [-0.1, -0.05) is 0 Å². The van der Waals surface area contributed by atoms with Crippen LogP contribution in [0.2, 0.25) is 0 Å². The molecule has 0 N–H and O–H groups in total. The van der Waals surface area contributed by atoms with Crippen LogP contribution in [0.25, 0.3) is 11.0 Å². The van der Waals surface area contributed by atoms with E-state index in [0.717, 1.165) is 15.6 Å². The van der Waals surface area contributed by atoms with Crippen LogP contribution in [0.15, 0.2) is 24.7 Å². The number of imidazole rings is 1. The normalized spacial score (nSPS) is 11.4. The van der Waals surface area contributed by atoms with Gasteiger partial charge in [-0.3, -0.25) is 14.0 Å². The molecular formula is C15H16F2N6O. The van der Waals surface area contributed by atoms with Crippen LogP contribution in [0.4, 0.5) is 8.78 Å². The SMILES string of the molecule is Cc1nn(C)c2ncc(C(=O)N(C)Cc3nccn3C(F)F)cc12. The third kappa shape index (κ3) is 2.72. The lowest BCUT2D eigenvalue weighted by Crippen LogP contribution is -2.28. The number of aryl methyl sites for hydroxylation is 2. The minimum atomic E-state index is -2.69. The number of hydrogen-bond donors (Lipinski definition) is 0. The van der Waals surface area contributed by atoms with Gasteiger partial charge in [-0.2, -0.15) is 13.9 Å². The molecule has 0 saturated heterocycles. The Morgan fingerprint density at radius 1 is 1.38 bits per heavy atom. The summed E-state index contributed by atoms with van der Waals surface area (Å²) in [5.74, 6) is -0.205. The number of carbonyl (C=O) groups is 1. The van der Waals surface area contributed by atoms with E-state index in [-0.39, 0.29) is 18.3 Å². The molecule has 3 heterocycles. The first-order valence-electron chi connectivity index (χ1n) is 7.23. The predicted molar refractivity (Wildman–Crippen MR) is 82.5 cm³/mol. The van der Waals surface area contributed by atoms with Gasteiger partial charge in [-0.25, -0.2) is 9.97 Å². The Labute approximate surface area is 136 Å². The van der Waals surface area contributed by atoms with Crippen molar-refractivity contribution < 1.29 is 13.6 Å². The average Bonchev–Trinajstić information content (AvgIpc) is 3.11. The second kappa shape index (κ2) is 5.99. The molecule has 24 heavy (non-hydrogen) atoms. The van der Waals surface area contributed by atoms with Crippen LogP contribution in [-0.4, -0.2) is 42.2 Å². The molecule has 0 fully saturated rings. The van der Waals surface area contributed by atoms with Crippen molar-refractivity contribution in [2.75, 3.05) is 7.05 Å². The molecule has 7 nitrogen and oxygen atoms in total. The molecule has 3 rings (SSSR count). The van der Waals surface area contributed by atoms with Crippen LogP contribution in [0.5, 0.6) is 0 Å². The van der Waals surface area contributed by atoms with Crippen molar-refractivity contribution in [3.63, 3.8) is 0 Å². The highest BCUT2D eigenvalue weighted by atomic mass is 19.3. The Morgan fingerprint density at radius 3 is 2.83 bits per heavy atom. The molecule has 0 aliphatic rings. The van der Waals surface area contributed by atoms with Gasteiger partial charge in [-0.15, -0.1) is 0 Å². The van der Waals surface area contributed by atoms with E-state index in [1.54, 1.807) is 17.8 Å². The zero-order chi connectivity index (χ0) is 17.4. The molecule has 0 radical (unpaired) electrons. The van der Waals surface area contributed by atoms with Crippen LogP contribution < -0.4 is 0 Å². The number of amides is 1. The van der Waals surface area contributed by atoms with Crippen molar-refractivity contribution in [3.05, 3.63) is 41.7 Å². The minimum Gasteiger partial charge on any atom is -0.334 e. The lowest BCUT2D eigenvalue weighted by atomic mass is 10.2. The van der Waals surface area contributed by atoms with E-state index in [2.05, 4.69) is 15.1 Å². The fourth-order valence-electron chi connectivity index (χ4n) is 2.57. The van der Waals surface area contributed by atoms with Crippen molar-refractivity contribution >= 4 is 16.9 Å². The summed E-state index contributed by atoms with van der Waals surface area (Å²) in [6.07, 6.45) is 3.93. The van der Waals surface area contributed by atoms with Crippen molar-refractivity contribution in [2.24, 2.45) is 7.05 Å². The zero-order valence-electron chi connectivity index (χ0n) is 13.4. The number of carbonyl (C=O) groups excluding carboxylic acids is 1. The maximum atomic E-state index is 12.9. The number of alkyl halides is 2. The maximum Gasteiger partial charge on any atom is 0.319 e. The molecular weight excluding hydrogens is 318 g/mol. The average molecular weight is 334 g/mol. The first-order valence-corrected chi connectivity index (χ1v) is 7.23. The van der Waals surface area contributed by atoms with Gasteiger partial charge in [-0.05, 0) is 13.0 Å². The molecule has 9 heteroatoms. The van der Waals surface area contributed by atoms with Gasteiger partial charge in [0.25, 0.3) is 5.91 Å². The van der Waals surface area contributed by atoms with E-state index in [4.69, 9.17) is 0 Å². The van der Waals surface area contributed by atoms with Crippen LogP contribution >= 0.6 is 0 Å². The second-order valence-electron chi connectivity index (χ2n) is 5.49. The highest BCUT2D eigenvalue weighted by Gasteiger charge is 2.19. The molecule has 0 unspecified atom stereocenters. The van der Waals surface area contributed by atoms with Gasteiger partial charge in [0, 0.05) is 38.1 Å². The fourth-order valence-corrected chi connectivity index (χ4v) is 2.57. The Balaban J connectivity index is 1.85. The molecule has 0 aromatic carbocycles. The predicted octanol–water partition coefficient (Wildman–Crippen LogP) is 2.14. The summed E-state index contributed by atoms with van der Waals surface area (Å²) in [5.41, 5.74) is 1.82. The van der Waals surface area contributed by atoms with Gasteiger partial charge in [0.15, 0.2) is 5.65 Å². The summed E-state index contributed by atoms with van der Waals surface area (Å²) in [6.45, 7) is -0.885. The van der Waals surface area contributed by atoms with E-state index < -0.39 is 6.55 Å². The molecule has 1 amide bonds. The van der Waals surface area contributed by atoms with Crippen molar-refractivity contribution in [3.8, 4) is 0 Å². The monoisotopic (exact) mass is 334 g/mol. The molecule has 0 bridgehead atoms. The third-order valence-corrected chi connectivity index (χ3v) is 3.79. The van der Waals surface area contributed by atoms with Gasteiger partial charge in [0.1, 0.15) is 5.82 Å².